The van der Waals surface area contributed by atoms with Crippen molar-refractivity contribution in [3.8, 4) is 5.75 Å². The van der Waals surface area contributed by atoms with E-state index in [0.29, 0.717) is 21.7 Å². The van der Waals surface area contributed by atoms with Gasteiger partial charge in [-0.15, -0.1) is 0 Å². The summed E-state index contributed by atoms with van der Waals surface area (Å²) in [5.74, 6) is 1.05. The maximum absolute atomic E-state index is 13.0. The first kappa shape index (κ1) is 19.5. The van der Waals surface area contributed by atoms with Gasteiger partial charge in [-0.1, -0.05) is 29.0 Å². The number of thiazole rings is 1. The largest absolute Gasteiger partial charge is 0.484 e. The van der Waals surface area contributed by atoms with Crippen LogP contribution in [-0.2, 0) is 11.3 Å². The van der Waals surface area contributed by atoms with Crippen molar-refractivity contribution < 1.29 is 13.9 Å². The number of carbonyl (C=O) groups excluding carboxylic acids is 1. The maximum atomic E-state index is 13.0. The van der Waals surface area contributed by atoms with Crippen molar-refractivity contribution >= 4 is 44.2 Å². The molecule has 148 valence electrons. The molecule has 0 radical (unpaired) electrons. The van der Waals surface area contributed by atoms with E-state index in [0.717, 1.165) is 21.3 Å². The summed E-state index contributed by atoms with van der Waals surface area (Å²) in [7, 11) is 0. The van der Waals surface area contributed by atoms with Gasteiger partial charge in [-0.2, -0.15) is 0 Å². The Morgan fingerprint density at radius 3 is 2.72 bits per heavy atom. The molecule has 2 aromatic carbocycles. The van der Waals surface area contributed by atoms with Crippen LogP contribution in [0.25, 0.3) is 10.2 Å². The first-order chi connectivity index (χ1) is 14.0. The molecule has 2 aromatic heterocycles. The van der Waals surface area contributed by atoms with Gasteiger partial charge in [0.2, 0.25) is 0 Å². The fourth-order valence-corrected chi connectivity index (χ4v) is 4.21. The van der Waals surface area contributed by atoms with E-state index in [-0.39, 0.29) is 19.1 Å². The number of hydrogen-bond donors (Lipinski definition) is 0. The molecular weight excluding hydrogens is 408 g/mol. The van der Waals surface area contributed by atoms with Gasteiger partial charge in [0.25, 0.3) is 5.91 Å². The molecule has 4 aromatic rings. The summed E-state index contributed by atoms with van der Waals surface area (Å²) >= 11 is 7.39. The summed E-state index contributed by atoms with van der Waals surface area (Å²) in [6.45, 7) is 4.26. The van der Waals surface area contributed by atoms with Gasteiger partial charge in [0.15, 0.2) is 11.7 Å². The van der Waals surface area contributed by atoms with Crippen LogP contribution in [0.15, 0.2) is 59.2 Å². The number of aryl methyl sites for hydroxylation is 2. The average Bonchev–Trinajstić information content (AvgIpc) is 3.35. The van der Waals surface area contributed by atoms with Crippen LogP contribution in [0.3, 0.4) is 0 Å². The molecule has 0 atom stereocenters. The maximum Gasteiger partial charge on any atom is 0.267 e. The summed E-state index contributed by atoms with van der Waals surface area (Å²) in [6, 6.07) is 14.7. The molecule has 2 heterocycles. The third-order valence-corrected chi connectivity index (χ3v) is 5.89. The lowest BCUT2D eigenvalue weighted by atomic mass is 10.1. The van der Waals surface area contributed by atoms with E-state index in [1.165, 1.54) is 11.3 Å². The van der Waals surface area contributed by atoms with E-state index in [1.807, 2.05) is 19.1 Å². The van der Waals surface area contributed by atoms with E-state index in [9.17, 15) is 4.79 Å². The van der Waals surface area contributed by atoms with Crippen molar-refractivity contribution in [1.29, 1.82) is 0 Å². The van der Waals surface area contributed by atoms with E-state index < -0.39 is 0 Å². The SMILES string of the molecule is Cc1cc(C)c2sc(N(Cc3ccco3)C(=O)COc3ccc(Cl)cc3)nc2c1. The van der Waals surface area contributed by atoms with Crippen molar-refractivity contribution in [2.75, 3.05) is 11.5 Å². The second-order valence-electron chi connectivity index (χ2n) is 6.73. The Bertz CT molecular complexity index is 1140. The van der Waals surface area contributed by atoms with E-state index >= 15 is 0 Å². The molecule has 5 nitrogen and oxygen atoms in total. The monoisotopic (exact) mass is 426 g/mol. The average molecular weight is 427 g/mol. The molecule has 1 amide bonds. The Balaban J connectivity index is 1.61. The second-order valence-corrected chi connectivity index (χ2v) is 8.14. The van der Waals surface area contributed by atoms with Crippen LogP contribution in [0.1, 0.15) is 16.9 Å². The van der Waals surface area contributed by atoms with Crippen LogP contribution >= 0.6 is 22.9 Å². The summed E-state index contributed by atoms with van der Waals surface area (Å²) in [5, 5.41) is 1.23. The third-order valence-electron chi connectivity index (χ3n) is 4.41. The molecule has 0 spiro atoms. The minimum absolute atomic E-state index is 0.115. The molecule has 7 heteroatoms. The molecule has 0 fully saturated rings. The molecule has 0 saturated carbocycles. The molecule has 29 heavy (non-hydrogen) atoms. The fourth-order valence-electron chi connectivity index (χ4n) is 3.06. The van der Waals surface area contributed by atoms with Gasteiger partial charge in [0.1, 0.15) is 11.5 Å². The number of hydrogen-bond acceptors (Lipinski definition) is 5. The van der Waals surface area contributed by atoms with Gasteiger partial charge in [0.05, 0.1) is 23.0 Å². The highest BCUT2D eigenvalue weighted by molar-refractivity contribution is 7.22. The minimum Gasteiger partial charge on any atom is -0.484 e. The highest BCUT2D eigenvalue weighted by Crippen LogP contribution is 2.33. The number of anilines is 1. The molecule has 0 aliphatic heterocycles. The molecule has 0 bridgehead atoms. The lowest BCUT2D eigenvalue weighted by Gasteiger charge is -2.19. The fraction of sp³-hybridized carbons (Fsp3) is 0.182. The lowest BCUT2D eigenvalue weighted by Crippen LogP contribution is -2.34. The Morgan fingerprint density at radius 1 is 1.21 bits per heavy atom. The third kappa shape index (κ3) is 4.44. The number of amides is 1. The van der Waals surface area contributed by atoms with Crippen LogP contribution in [0.4, 0.5) is 5.13 Å². The van der Waals surface area contributed by atoms with Crippen LogP contribution in [0.2, 0.25) is 5.02 Å². The predicted molar refractivity (Wildman–Crippen MR) is 116 cm³/mol. The zero-order valence-corrected chi connectivity index (χ0v) is 17.6. The normalized spacial score (nSPS) is 11.0. The number of furan rings is 1. The van der Waals surface area contributed by atoms with Crippen molar-refractivity contribution in [3.05, 3.63) is 76.7 Å². The highest BCUT2D eigenvalue weighted by Gasteiger charge is 2.22. The Kier molecular flexibility index (Phi) is 5.56. The number of benzene rings is 2. The Labute approximate surface area is 177 Å². The zero-order valence-electron chi connectivity index (χ0n) is 16.0. The van der Waals surface area contributed by atoms with Gasteiger partial charge >= 0.3 is 0 Å². The van der Waals surface area contributed by atoms with Crippen LogP contribution in [0.5, 0.6) is 5.75 Å². The standard InChI is InChI=1S/C22H19ClN2O3S/c1-14-10-15(2)21-19(11-14)24-22(29-21)25(12-18-4-3-9-27-18)20(26)13-28-17-7-5-16(23)6-8-17/h3-11H,12-13H2,1-2H3. The van der Waals surface area contributed by atoms with Crippen molar-refractivity contribution in [2.45, 2.75) is 20.4 Å². The summed E-state index contributed by atoms with van der Waals surface area (Å²) in [6.07, 6.45) is 1.59. The first-order valence-corrected chi connectivity index (χ1v) is 10.3. The van der Waals surface area contributed by atoms with Gasteiger partial charge in [-0.3, -0.25) is 9.69 Å². The molecule has 4 rings (SSSR count). The van der Waals surface area contributed by atoms with Crippen molar-refractivity contribution in [2.24, 2.45) is 0 Å². The van der Waals surface area contributed by atoms with Crippen LogP contribution in [0, 0.1) is 13.8 Å². The summed E-state index contributed by atoms with van der Waals surface area (Å²) in [5.41, 5.74) is 3.17. The van der Waals surface area contributed by atoms with Crippen molar-refractivity contribution in [1.82, 2.24) is 4.98 Å². The number of carbonyl (C=O) groups is 1. The van der Waals surface area contributed by atoms with Gasteiger partial charge in [-0.25, -0.2) is 4.98 Å². The molecule has 0 aliphatic rings. The lowest BCUT2D eigenvalue weighted by molar-refractivity contribution is -0.120. The molecule has 0 saturated heterocycles. The van der Waals surface area contributed by atoms with Crippen LogP contribution in [-0.4, -0.2) is 17.5 Å². The predicted octanol–water partition coefficient (Wildman–Crippen LogP) is 5.77. The van der Waals surface area contributed by atoms with Crippen LogP contribution < -0.4 is 9.64 Å². The number of ether oxygens (including phenoxy) is 1. The number of aromatic nitrogens is 1. The smallest absolute Gasteiger partial charge is 0.267 e. The van der Waals surface area contributed by atoms with E-state index in [2.05, 4.69) is 13.0 Å². The number of halogens is 1. The molecular formula is C22H19ClN2O3S. The summed E-state index contributed by atoms with van der Waals surface area (Å²) in [4.78, 5) is 19.4. The first-order valence-electron chi connectivity index (χ1n) is 9.08. The number of nitrogens with zero attached hydrogens (tertiary/aromatic N) is 2. The topological polar surface area (TPSA) is 55.6 Å². The van der Waals surface area contributed by atoms with Gasteiger partial charge in [0, 0.05) is 5.02 Å². The number of rotatable bonds is 6. The summed E-state index contributed by atoms with van der Waals surface area (Å²) < 4.78 is 12.2. The quantitative estimate of drug-likeness (QED) is 0.392. The highest BCUT2D eigenvalue weighted by atomic mass is 35.5. The van der Waals surface area contributed by atoms with E-state index in [1.54, 1.807) is 41.5 Å². The van der Waals surface area contributed by atoms with Crippen molar-refractivity contribution in [3.63, 3.8) is 0 Å². The zero-order chi connectivity index (χ0) is 20.4. The Hall–Kier alpha value is -2.83. The van der Waals surface area contributed by atoms with E-state index in [4.69, 9.17) is 25.7 Å². The minimum atomic E-state index is -0.204. The van der Waals surface area contributed by atoms with Gasteiger partial charge < -0.3 is 9.15 Å². The second kappa shape index (κ2) is 8.27. The molecule has 0 unspecified atom stereocenters. The molecule has 0 N–H and O–H groups in total. The Morgan fingerprint density at radius 2 is 2.00 bits per heavy atom. The molecule has 0 aliphatic carbocycles. The van der Waals surface area contributed by atoms with Gasteiger partial charge in [-0.05, 0) is 67.4 Å². The number of fused-ring (bicyclic) bond motifs is 1.